The second-order valence-corrected chi connectivity index (χ2v) is 7.10. The number of phenols is 1. The van der Waals surface area contributed by atoms with Gasteiger partial charge in [-0.25, -0.2) is 0 Å². The van der Waals surface area contributed by atoms with Crippen molar-refractivity contribution in [2.24, 2.45) is 0 Å². The van der Waals surface area contributed by atoms with Crippen LogP contribution in [0.3, 0.4) is 0 Å². The smallest absolute Gasteiger partial charge is 0.121 e. The van der Waals surface area contributed by atoms with Crippen molar-refractivity contribution in [3.05, 3.63) is 29.8 Å². The average Bonchev–Trinajstić information content (AvgIpc) is 2.59. The molecule has 1 aromatic rings. The van der Waals surface area contributed by atoms with E-state index in [-0.39, 0.29) is 5.60 Å². The first-order valence-electron chi connectivity index (χ1n) is 9.68. The Kier molecular flexibility index (Phi) is 7.42. The molecule has 23 heavy (non-hydrogen) atoms. The molecule has 0 bridgehead atoms. The molecule has 0 aliphatic heterocycles. The lowest BCUT2D eigenvalue weighted by molar-refractivity contribution is -0.123. The third-order valence-corrected chi connectivity index (χ3v) is 5.21. The molecule has 1 N–H and O–H groups in total. The predicted octanol–water partition coefficient (Wildman–Crippen LogP) is 6.32. The highest BCUT2D eigenvalue weighted by Gasteiger charge is 2.37. The fourth-order valence-electron chi connectivity index (χ4n) is 3.86. The van der Waals surface area contributed by atoms with E-state index in [0.29, 0.717) is 11.9 Å². The standard InChI is InChI=1S/C21H34O2/c1-3-5-16-21(17-6-4-2,19-14-10-11-15-20(19)22)23-18-12-8-7-9-13-18/h10-11,14-15,18,22H,3-9,12-13,16-17H2,1-2H3. The van der Waals surface area contributed by atoms with Gasteiger partial charge in [-0.05, 0) is 31.7 Å². The number of aromatic hydroxyl groups is 1. The van der Waals surface area contributed by atoms with Gasteiger partial charge in [-0.3, -0.25) is 0 Å². The molecule has 0 heterocycles. The predicted molar refractivity (Wildman–Crippen MR) is 96.8 cm³/mol. The van der Waals surface area contributed by atoms with Crippen molar-refractivity contribution in [2.75, 3.05) is 0 Å². The summed E-state index contributed by atoms with van der Waals surface area (Å²) in [5.41, 5.74) is 0.701. The van der Waals surface area contributed by atoms with E-state index >= 15 is 0 Å². The number of phenolic OH excluding ortho intramolecular Hbond substituents is 1. The molecule has 1 aromatic carbocycles. The van der Waals surface area contributed by atoms with Gasteiger partial charge in [0.25, 0.3) is 0 Å². The van der Waals surface area contributed by atoms with Gasteiger partial charge in [-0.15, -0.1) is 0 Å². The van der Waals surface area contributed by atoms with Crippen molar-refractivity contribution in [2.45, 2.75) is 96.2 Å². The third-order valence-electron chi connectivity index (χ3n) is 5.21. The number of hydrogen-bond acceptors (Lipinski definition) is 2. The molecule has 130 valence electrons. The molecule has 1 aliphatic rings. The normalized spacial score (nSPS) is 16.6. The SMILES string of the molecule is CCCCC(CCCC)(OC1CCCCC1)c1ccccc1O. The molecule has 0 radical (unpaired) electrons. The topological polar surface area (TPSA) is 29.5 Å². The van der Waals surface area contributed by atoms with Gasteiger partial charge in [0.15, 0.2) is 0 Å². The zero-order chi connectivity index (χ0) is 16.5. The molecular formula is C21H34O2. The van der Waals surface area contributed by atoms with Crippen LogP contribution in [0.5, 0.6) is 5.75 Å². The van der Waals surface area contributed by atoms with Crippen LogP contribution < -0.4 is 0 Å². The first kappa shape index (κ1) is 18.3. The molecule has 1 fully saturated rings. The summed E-state index contributed by atoms with van der Waals surface area (Å²) in [5, 5.41) is 10.5. The van der Waals surface area contributed by atoms with Gasteiger partial charge in [0.05, 0.1) is 11.7 Å². The van der Waals surface area contributed by atoms with E-state index in [1.807, 2.05) is 18.2 Å². The second-order valence-electron chi connectivity index (χ2n) is 7.10. The molecule has 2 rings (SSSR count). The van der Waals surface area contributed by atoms with Crippen molar-refractivity contribution in [3.8, 4) is 5.75 Å². The molecule has 0 unspecified atom stereocenters. The summed E-state index contributed by atoms with van der Waals surface area (Å²) in [6.45, 7) is 4.46. The van der Waals surface area contributed by atoms with Gasteiger partial charge < -0.3 is 9.84 Å². The summed E-state index contributed by atoms with van der Waals surface area (Å²) in [6.07, 6.45) is 13.2. The quantitative estimate of drug-likeness (QED) is 0.577. The van der Waals surface area contributed by atoms with Crippen molar-refractivity contribution in [1.29, 1.82) is 0 Å². The molecule has 0 aromatic heterocycles. The zero-order valence-electron chi connectivity index (χ0n) is 15.0. The maximum atomic E-state index is 10.5. The highest BCUT2D eigenvalue weighted by atomic mass is 16.5. The lowest BCUT2D eigenvalue weighted by atomic mass is 9.82. The number of ether oxygens (including phenoxy) is 1. The highest BCUT2D eigenvalue weighted by molar-refractivity contribution is 5.37. The zero-order valence-corrected chi connectivity index (χ0v) is 15.0. The van der Waals surface area contributed by atoms with E-state index in [1.165, 1.54) is 32.1 Å². The largest absolute Gasteiger partial charge is 0.508 e. The monoisotopic (exact) mass is 318 g/mol. The molecule has 0 spiro atoms. The maximum absolute atomic E-state index is 10.5. The molecular weight excluding hydrogens is 284 g/mol. The summed E-state index contributed by atoms with van der Waals surface area (Å²) < 4.78 is 6.79. The summed E-state index contributed by atoms with van der Waals surface area (Å²) in [5.74, 6) is 0.399. The summed E-state index contributed by atoms with van der Waals surface area (Å²) >= 11 is 0. The lowest BCUT2D eigenvalue weighted by Crippen LogP contribution is -2.35. The fourth-order valence-corrected chi connectivity index (χ4v) is 3.86. The van der Waals surface area contributed by atoms with Crippen LogP contribution in [0.4, 0.5) is 0 Å². The van der Waals surface area contributed by atoms with Gasteiger partial charge in [-0.2, -0.15) is 0 Å². The van der Waals surface area contributed by atoms with E-state index in [0.717, 1.165) is 44.1 Å². The van der Waals surface area contributed by atoms with Crippen LogP contribution in [-0.4, -0.2) is 11.2 Å². The third kappa shape index (κ3) is 4.97. The molecule has 2 nitrogen and oxygen atoms in total. The second kappa shape index (κ2) is 9.32. The first-order valence-corrected chi connectivity index (χ1v) is 9.68. The van der Waals surface area contributed by atoms with Crippen LogP contribution in [0.1, 0.15) is 90.0 Å². The minimum absolute atomic E-state index is 0.306. The number of rotatable bonds is 9. The van der Waals surface area contributed by atoms with Crippen LogP contribution in [0.15, 0.2) is 24.3 Å². The van der Waals surface area contributed by atoms with Gasteiger partial charge in [0.1, 0.15) is 5.75 Å². The summed E-state index contributed by atoms with van der Waals surface area (Å²) in [7, 11) is 0. The van der Waals surface area contributed by atoms with Crippen molar-refractivity contribution in [3.63, 3.8) is 0 Å². The Bertz CT molecular complexity index is 441. The van der Waals surface area contributed by atoms with Gasteiger partial charge in [0.2, 0.25) is 0 Å². The van der Waals surface area contributed by atoms with Gasteiger partial charge in [-0.1, -0.05) is 77.0 Å². The Hall–Kier alpha value is -1.02. The fraction of sp³-hybridized carbons (Fsp3) is 0.714. The molecule has 1 saturated carbocycles. The van der Waals surface area contributed by atoms with Crippen molar-refractivity contribution < 1.29 is 9.84 Å². The van der Waals surface area contributed by atoms with Crippen molar-refractivity contribution in [1.82, 2.24) is 0 Å². The van der Waals surface area contributed by atoms with E-state index in [2.05, 4.69) is 19.9 Å². The van der Waals surface area contributed by atoms with Gasteiger partial charge >= 0.3 is 0 Å². The van der Waals surface area contributed by atoms with E-state index in [4.69, 9.17) is 4.74 Å². The Labute approximate surface area is 142 Å². The van der Waals surface area contributed by atoms with Crippen LogP contribution in [0.25, 0.3) is 0 Å². The first-order chi connectivity index (χ1) is 11.2. The van der Waals surface area contributed by atoms with Crippen LogP contribution in [0.2, 0.25) is 0 Å². The Morgan fingerprint density at radius 2 is 1.61 bits per heavy atom. The number of benzene rings is 1. The Morgan fingerprint density at radius 1 is 1.00 bits per heavy atom. The molecule has 2 heteroatoms. The molecule has 1 aliphatic carbocycles. The van der Waals surface area contributed by atoms with Crippen LogP contribution in [-0.2, 0) is 10.3 Å². The minimum Gasteiger partial charge on any atom is -0.508 e. The summed E-state index contributed by atoms with van der Waals surface area (Å²) in [6, 6.07) is 7.82. The number of unbranched alkanes of at least 4 members (excludes halogenated alkanes) is 2. The minimum atomic E-state index is -0.306. The lowest BCUT2D eigenvalue weighted by Gasteiger charge is -2.40. The van der Waals surface area contributed by atoms with Crippen molar-refractivity contribution >= 4 is 0 Å². The number of hydrogen-bond donors (Lipinski definition) is 1. The summed E-state index contributed by atoms with van der Waals surface area (Å²) in [4.78, 5) is 0. The number of para-hydroxylation sites is 1. The van der Waals surface area contributed by atoms with Gasteiger partial charge in [0, 0.05) is 5.56 Å². The van der Waals surface area contributed by atoms with E-state index < -0.39 is 0 Å². The maximum Gasteiger partial charge on any atom is 0.121 e. The molecule has 0 amide bonds. The van der Waals surface area contributed by atoms with E-state index in [9.17, 15) is 5.11 Å². The Morgan fingerprint density at radius 3 is 2.17 bits per heavy atom. The molecule has 0 atom stereocenters. The molecule has 0 saturated heterocycles. The van der Waals surface area contributed by atoms with Crippen LogP contribution in [0, 0.1) is 0 Å². The highest BCUT2D eigenvalue weighted by Crippen LogP contribution is 2.43. The average molecular weight is 319 g/mol. The Balaban J connectivity index is 2.29. The van der Waals surface area contributed by atoms with E-state index in [1.54, 1.807) is 0 Å². The van der Waals surface area contributed by atoms with Crippen LogP contribution >= 0.6 is 0 Å².